The molecular weight excluding hydrogens is 152 g/mol. The first-order chi connectivity index (χ1) is 5.83. The maximum absolute atomic E-state index is 11.2. The highest BCUT2D eigenvalue weighted by molar-refractivity contribution is 5.76. The van der Waals surface area contributed by atoms with Gasteiger partial charge in [0, 0.05) is 12.5 Å². The van der Waals surface area contributed by atoms with Crippen LogP contribution in [0, 0.1) is 0 Å². The molecule has 1 aliphatic heterocycles. The minimum absolute atomic E-state index is 0.202. The standard InChI is InChI=1S/C9H18N2O/c10-7-6-8-4-2-1-3-5-9(12)11-8/h8H,1-7,10H2,(H,11,12)/t8-/m1/s1. The molecule has 0 unspecified atom stereocenters. The normalized spacial score (nSPS) is 25.8. The van der Waals surface area contributed by atoms with E-state index in [1.54, 1.807) is 0 Å². The summed E-state index contributed by atoms with van der Waals surface area (Å²) in [6.45, 7) is 0.672. The van der Waals surface area contributed by atoms with Crippen molar-refractivity contribution in [3.05, 3.63) is 0 Å². The Labute approximate surface area is 73.7 Å². The molecule has 1 heterocycles. The van der Waals surface area contributed by atoms with Gasteiger partial charge in [-0.1, -0.05) is 12.8 Å². The zero-order valence-corrected chi connectivity index (χ0v) is 7.51. The third kappa shape index (κ3) is 3.22. The Morgan fingerprint density at radius 2 is 2.25 bits per heavy atom. The summed E-state index contributed by atoms with van der Waals surface area (Å²) in [5.41, 5.74) is 5.44. The van der Waals surface area contributed by atoms with Gasteiger partial charge in [-0.3, -0.25) is 4.79 Å². The molecule has 3 N–H and O–H groups in total. The van der Waals surface area contributed by atoms with E-state index in [0.29, 0.717) is 19.0 Å². The Morgan fingerprint density at radius 1 is 1.42 bits per heavy atom. The van der Waals surface area contributed by atoms with Crippen LogP contribution in [0.2, 0.25) is 0 Å². The second kappa shape index (κ2) is 5.14. The molecule has 1 rings (SSSR count). The molecule has 0 spiro atoms. The first kappa shape index (κ1) is 9.52. The first-order valence-electron chi connectivity index (χ1n) is 4.82. The number of rotatable bonds is 2. The van der Waals surface area contributed by atoms with Crippen LogP contribution in [0.5, 0.6) is 0 Å². The second-order valence-electron chi connectivity index (χ2n) is 3.44. The van der Waals surface area contributed by atoms with Crippen molar-refractivity contribution in [2.45, 2.75) is 44.6 Å². The van der Waals surface area contributed by atoms with E-state index in [1.165, 1.54) is 12.8 Å². The summed E-state index contributed by atoms with van der Waals surface area (Å²) in [7, 11) is 0. The first-order valence-corrected chi connectivity index (χ1v) is 4.82. The number of nitrogens with one attached hydrogen (secondary N) is 1. The molecule has 1 fully saturated rings. The molecule has 0 aromatic carbocycles. The highest BCUT2D eigenvalue weighted by Crippen LogP contribution is 2.11. The third-order valence-corrected chi connectivity index (χ3v) is 2.34. The van der Waals surface area contributed by atoms with Crippen molar-refractivity contribution in [1.29, 1.82) is 0 Å². The van der Waals surface area contributed by atoms with Crippen molar-refractivity contribution in [2.24, 2.45) is 5.73 Å². The lowest BCUT2D eigenvalue weighted by Crippen LogP contribution is -2.37. The van der Waals surface area contributed by atoms with Gasteiger partial charge in [0.25, 0.3) is 0 Å². The molecule has 0 aromatic heterocycles. The second-order valence-corrected chi connectivity index (χ2v) is 3.44. The van der Waals surface area contributed by atoms with Crippen LogP contribution in [-0.2, 0) is 4.79 Å². The summed E-state index contributed by atoms with van der Waals surface area (Å²) in [5.74, 6) is 0.202. The van der Waals surface area contributed by atoms with Crippen molar-refractivity contribution >= 4 is 5.91 Å². The van der Waals surface area contributed by atoms with Gasteiger partial charge in [-0.25, -0.2) is 0 Å². The number of hydrogen-bond donors (Lipinski definition) is 2. The lowest BCUT2D eigenvalue weighted by molar-refractivity contribution is -0.122. The van der Waals surface area contributed by atoms with E-state index in [0.717, 1.165) is 19.3 Å². The van der Waals surface area contributed by atoms with Gasteiger partial charge in [0.05, 0.1) is 0 Å². The molecule has 1 atom stereocenters. The van der Waals surface area contributed by atoms with Gasteiger partial charge in [-0.15, -0.1) is 0 Å². The van der Waals surface area contributed by atoms with E-state index in [1.807, 2.05) is 0 Å². The zero-order valence-electron chi connectivity index (χ0n) is 7.51. The Balaban J connectivity index is 2.33. The van der Waals surface area contributed by atoms with Crippen LogP contribution in [0.15, 0.2) is 0 Å². The summed E-state index contributed by atoms with van der Waals surface area (Å²) in [6.07, 6.45) is 6.18. The van der Waals surface area contributed by atoms with Gasteiger partial charge in [0.15, 0.2) is 0 Å². The van der Waals surface area contributed by atoms with Gasteiger partial charge >= 0.3 is 0 Å². The molecule has 1 saturated heterocycles. The summed E-state index contributed by atoms with van der Waals surface area (Å²) in [6, 6.07) is 0.336. The van der Waals surface area contributed by atoms with Gasteiger partial charge in [-0.05, 0) is 25.8 Å². The molecule has 0 radical (unpaired) electrons. The van der Waals surface area contributed by atoms with Crippen molar-refractivity contribution in [2.75, 3.05) is 6.54 Å². The van der Waals surface area contributed by atoms with E-state index in [2.05, 4.69) is 5.32 Å². The van der Waals surface area contributed by atoms with Crippen molar-refractivity contribution in [1.82, 2.24) is 5.32 Å². The minimum Gasteiger partial charge on any atom is -0.353 e. The van der Waals surface area contributed by atoms with Crippen LogP contribution in [0.25, 0.3) is 0 Å². The Bertz CT molecular complexity index is 147. The van der Waals surface area contributed by atoms with Crippen molar-refractivity contribution in [3.8, 4) is 0 Å². The molecule has 1 amide bonds. The Hall–Kier alpha value is -0.570. The Morgan fingerprint density at radius 3 is 3.00 bits per heavy atom. The van der Waals surface area contributed by atoms with E-state index >= 15 is 0 Å². The molecule has 0 aliphatic carbocycles. The van der Waals surface area contributed by atoms with Crippen molar-refractivity contribution in [3.63, 3.8) is 0 Å². The van der Waals surface area contributed by atoms with Crippen LogP contribution in [0.3, 0.4) is 0 Å². The topological polar surface area (TPSA) is 55.1 Å². The highest BCUT2D eigenvalue weighted by atomic mass is 16.1. The number of hydrogen-bond acceptors (Lipinski definition) is 2. The van der Waals surface area contributed by atoms with Crippen LogP contribution in [0.1, 0.15) is 38.5 Å². The fraction of sp³-hybridized carbons (Fsp3) is 0.889. The predicted octanol–water partition coefficient (Wildman–Crippen LogP) is 0.784. The minimum atomic E-state index is 0.202. The lowest BCUT2D eigenvalue weighted by Gasteiger charge is -2.20. The van der Waals surface area contributed by atoms with Crippen LogP contribution in [0.4, 0.5) is 0 Å². The zero-order chi connectivity index (χ0) is 8.81. The highest BCUT2D eigenvalue weighted by Gasteiger charge is 2.13. The maximum atomic E-state index is 11.2. The number of carbonyl (C=O) groups excluding carboxylic acids is 1. The molecule has 3 heteroatoms. The third-order valence-electron chi connectivity index (χ3n) is 2.34. The molecule has 1 aliphatic rings. The summed E-state index contributed by atoms with van der Waals surface area (Å²) in [4.78, 5) is 11.2. The maximum Gasteiger partial charge on any atom is 0.220 e. The van der Waals surface area contributed by atoms with Crippen molar-refractivity contribution < 1.29 is 4.79 Å². The van der Waals surface area contributed by atoms with E-state index in [9.17, 15) is 4.79 Å². The SMILES string of the molecule is NCC[C@H]1CCCCCC(=O)N1. The molecule has 70 valence electrons. The van der Waals surface area contributed by atoms with E-state index in [-0.39, 0.29) is 5.91 Å². The van der Waals surface area contributed by atoms with Gasteiger partial charge < -0.3 is 11.1 Å². The monoisotopic (exact) mass is 170 g/mol. The van der Waals surface area contributed by atoms with E-state index < -0.39 is 0 Å². The molecule has 3 nitrogen and oxygen atoms in total. The lowest BCUT2D eigenvalue weighted by atomic mass is 10.0. The fourth-order valence-electron chi connectivity index (χ4n) is 1.64. The fourth-order valence-corrected chi connectivity index (χ4v) is 1.64. The quantitative estimate of drug-likeness (QED) is 0.643. The average molecular weight is 170 g/mol. The van der Waals surface area contributed by atoms with Gasteiger partial charge in [0.2, 0.25) is 5.91 Å². The summed E-state index contributed by atoms with van der Waals surface area (Å²) in [5, 5.41) is 3.00. The summed E-state index contributed by atoms with van der Waals surface area (Å²) >= 11 is 0. The molecule has 0 saturated carbocycles. The van der Waals surface area contributed by atoms with E-state index in [4.69, 9.17) is 5.73 Å². The Kier molecular flexibility index (Phi) is 4.08. The molecule has 12 heavy (non-hydrogen) atoms. The largest absolute Gasteiger partial charge is 0.353 e. The number of nitrogens with two attached hydrogens (primary N) is 1. The van der Waals surface area contributed by atoms with Crippen LogP contribution < -0.4 is 11.1 Å². The molecule has 0 bridgehead atoms. The van der Waals surface area contributed by atoms with Gasteiger partial charge in [-0.2, -0.15) is 0 Å². The molecular formula is C9H18N2O. The summed E-state index contributed by atoms with van der Waals surface area (Å²) < 4.78 is 0. The van der Waals surface area contributed by atoms with Crippen LogP contribution >= 0.6 is 0 Å². The molecule has 0 aromatic rings. The smallest absolute Gasteiger partial charge is 0.220 e. The number of amides is 1. The average Bonchev–Trinajstić information content (AvgIpc) is 2.00. The predicted molar refractivity (Wildman–Crippen MR) is 48.7 cm³/mol. The number of carbonyl (C=O) groups is 1. The van der Waals surface area contributed by atoms with Crippen LogP contribution in [-0.4, -0.2) is 18.5 Å². The van der Waals surface area contributed by atoms with Gasteiger partial charge in [0.1, 0.15) is 0 Å².